The van der Waals surface area contributed by atoms with E-state index in [4.69, 9.17) is 17.8 Å². The second kappa shape index (κ2) is 10.8. The lowest BCUT2D eigenvalue weighted by Gasteiger charge is -2.44. The minimum absolute atomic E-state index is 0.203. The molecule has 1 saturated heterocycles. The molecular weight excluding hydrogens is 542 g/mol. The molecule has 5 atom stereocenters. The molecule has 1 aliphatic heterocycles. The molecule has 34 heavy (non-hydrogen) atoms. The van der Waals surface area contributed by atoms with Crippen LogP contribution in [0.2, 0.25) is 0 Å². The average Bonchev–Trinajstić information content (AvgIpc) is 2.67. The van der Waals surface area contributed by atoms with Crippen molar-refractivity contribution in [3.05, 3.63) is 30.3 Å². The zero-order valence-corrected chi connectivity index (χ0v) is 21.7. The number of nitrogens with one attached hydrogen (secondary N) is 1. The lowest BCUT2D eigenvalue weighted by Crippen LogP contribution is -2.66. The molecule has 2 rings (SSSR count). The van der Waals surface area contributed by atoms with E-state index in [1.54, 1.807) is 6.07 Å². The Morgan fingerprint density at radius 2 is 1.35 bits per heavy atom. The van der Waals surface area contributed by atoms with Crippen molar-refractivity contribution in [2.75, 3.05) is 32.5 Å². The molecule has 0 spiro atoms. The summed E-state index contributed by atoms with van der Waals surface area (Å²) < 4.78 is 124. The molecular formula is C16H25NO13S4. The number of rotatable bonds is 11. The number of methoxy groups -OCH3 is 1. The summed E-state index contributed by atoms with van der Waals surface area (Å²) in [6.45, 7) is -0.819. The molecule has 18 heteroatoms. The monoisotopic (exact) mass is 567 g/mol. The molecule has 0 radical (unpaired) electrons. The summed E-state index contributed by atoms with van der Waals surface area (Å²) in [4.78, 5) is -0.203. The molecule has 1 aromatic carbocycles. The summed E-state index contributed by atoms with van der Waals surface area (Å²) in [6.07, 6.45) is -4.87. The van der Waals surface area contributed by atoms with Gasteiger partial charge in [-0.05, 0) is 12.1 Å². The van der Waals surface area contributed by atoms with E-state index in [1.165, 1.54) is 24.3 Å². The summed E-state index contributed by atoms with van der Waals surface area (Å²) in [6, 6.07) is 5.31. The Balaban J connectivity index is 2.57. The highest BCUT2D eigenvalue weighted by Gasteiger charge is 2.52. The summed E-state index contributed by atoms with van der Waals surface area (Å²) in [5.41, 5.74) is 0. The lowest BCUT2D eigenvalue weighted by molar-refractivity contribution is -0.248. The first-order valence-electron chi connectivity index (χ1n) is 9.28. The highest BCUT2D eigenvalue weighted by Crippen LogP contribution is 2.30. The van der Waals surface area contributed by atoms with Crippen molar-refractivity contribution in [2.24, 2.45) is 0 Å². The maximum Gasteiger partial charge on any atom is 0.264 e. The number of hydrogen-bond acceptors (Lipinski definition) is 13. The Bertz CT molecular complexity index is 1260. The standard InChI is InChI=1S/C16H25NO13S4/c1-26-16-13(17-34(24,25)11-8-6-5-7-9-11)15(30-33(4,22)23)14(29-32(3,20)21)12(28-16)10-27-31(2,18)19/h5-9,12-17H,10H2,1-4H3. The fraction of sp³-hybridized carbons (Fsp3) is 0.625. The molecule has 1 aromatic rings. The topological polar surface area (TPSA) is 195 Å². The van der Waals surface area contributed by atoms with E-state index in [1.807, 2.05) is 0 Å². The van der Waals surface area contributed by atoms with Gasteiger partial charge in [0, 0.05) is 7.11 Å². The van der Waals surface area contributed by atoms with E-state index in [9.17, 15) is 33.7 Å². The quantitative estimate of drug-likeness (QED) is 0.300. The van der Waals surface area contributed by atoms with Gasteiger partial charge in [0.1, 0.15) is 24.4 Å². The van der Waals surface area contributed by atoms with Crippen molar-refractivity contribution in [1.82, 2.24) is 4.72 Å². The molecule has 0 amide bonds. The number of ether oxygens (including phenoxy) is 2. The third-order valence-corrected chi connectivity index (χ3v) is 7.42. The third-order valence-electron chi connectivity index (χ3n) is 4.24. The SMILES string of the molecule is COC1OC(COS(C)(=O)=O)C(OS(C)(=O)=O)C(OS(C)(=O)=O)C1NS(=O)(=O)c1ccccc1. The van der Waals surface area contributed by atoms with Gasteiger partial charge in [-0.3, -0.25) is 12.5 Å². The molecule has 0 saturated carbocycles. The Morgan fingerprint density at radius 3 is 1.82 bits per heavy atom. The smallest absolute Gasteiger partial charge is 0.264 e. The van der Waals surface area contributed by atoms with Gasteiger partial charge in [-0.2, -0.15) is 25.3 Å². The number of benzene rings is 1. The minimum atomic E-state index is -4.34. The fourth-order valence-corrected chi connectivity index (χ4v) is 5.94. The van der Waals surface area contributed by atoms with Gasteiger partial charge < -0.3 is 9.47 Å². The lowest BCUT2D eigenvalue weighted by atomic mass is 9.98. The van der Waals surface area contributed by atoms with Crippen molar-refractivity contribution in [2.45, 2.75) is 35.5 Å². The summed E-state index contributed by atoms with van der Waals surface area (Å²) >= 11 is 0. The first-order valence-corrected chi connectivity index (χ1v) is 16.2. The molecule has 1 aliphatic rings. The third kappa shape index (κ3) is 8.77. The van der Waals surface area contributed by atoms with Crippen LogP contribution in [0.5, 0.6) is 0 Å². The van der Waals surface area contributed by atoms with Gasteiger partial charge in [0.05, 0.1) is 30.3 Å². The summed E-state index contributed by atoms with van der Waals surface area (Å²) in [5.74, 6) is 0. The molecule has 1 N–H and O–H groups in total. The molecule has 0 aliphatic carbocycles. The first kappa shape index (κ1) is 29.0. The normalized spacial score (nSPS) is 26.9. The minimum Gasteiger partial charge on any atom is -0.354 e. The molecule has 0 aromatic heterocycles. The summed E-state index contributed by atoms with van der Waals surface area (Å²) in [7, 11) is -15.9. The van der Waals surface area contributed by atoms with Crippen LogP contribution in [0.25, 0.3) is 0 Å². The van der Waals surface area contributed by atoms with Gasteiger partial charge in [-0.25, -0.2) is 13.1 Å². The maximum atomic E-state index is 12.9. The van der Waals surface area contributed by atoms with Gasteiger partial charge in [0.25, 0.3) is 30.4 Å². The van der Waals surface area contributed by atoms with Gasteiger partial charge in [-0.15, -0.1) is 0 Å². The van der Waals surface area contributed by atoms with E-state index in [-0.39, 0.29) is 4.90 Å². The highest BCUT2D eigenvalue weighted by atomic mass is 32.2. The Morgan fingerprint density at radius 1 is 0.824 bits per heavy atom. The molecule has 1 heterocycles. The predicted octanol–water partition coefficient (Wildman–Crippen LogP) is -1.63. The van der Waals surface area contributed by atoms with Crippen LogP contribution < -0.4 is 4.72 Å². The zero-order chi connectivity index (χ0) is 25.9. The van der Waals surface area contributed by atoms with Gasteiger partial charge in [-0.1, -0.05) is 18.2 Å². The average molecular weight is 568 g/mol. The van der Waals surface area contributed by atoms with Crippen LogP contribution in [0.1, 0.15) is 0 Å². The Hall–Kier alpha value is -1.22. The van der Waals surface area contributed by atoms with E-state index in [0.29, 0.717) is 12.5 Å². The fourth-order valence-electron chi connectivity index (χ4n) is 3.04. The van der Waals surface area contributed by atoms with E-state index in [0.717, 1.165) is 13.4 Å². The van der Waals surface area contributed by atoms with Crippen LogP contribution in [0, 0.1) is 0 Å². The van der Waals surface area contributed by atoms with E-state index >= 15 is 0 Å². The number of sulfonamides is 1. The van der Waals surface area contributed by atoms with Crippen LogP contribution in [0.4, 0.5) is 0 Å². The predicted molar refractivity (Wildman–Crippen MR) is 116 cm³/mol. The maximum absolute atomic E-state index is 12.9. The Labute approximate surface area is 198 Å². The van der Waals surface area contributed by atoms with Crippen LogP contribution in [0.15, 0.2) is 35.2 Å². The highest BCUT2D eigenvalue weighted by molar-refractivity contribution is 7.89. The van der Waals surface area contributed by atoms with E-state index in [2.05, 4.69) is 8.91 Å². The largest absolute Gasteiger partial charge is 0.354 e. The first-order chi connectivity index (χ1) is 15.4. The van der Waals surface area contributed by atoms with Gasteiger partial charge >= 0.3 is 0 Å². The Kier molecular flexibility index (Phi) is 9.22. The van der Waals surface area contributed by atoms with Crippen molar-refractivity contribution in [1.29, 1.82) is 0 Å². The van der Waals surface area contributed by atoms with Gasteiger partial charge in [0.15, 0.2) is 6.29 Å². The van der Waals surface area contributed by atoms with Crippen molar-refractivity contribution < 1.29 is 55.7 Å². The molecule has 1 fully saturated rings. The molecule has 196 valence electrons. The van der Waals surface area contributed by atoms with Crippen molar-refractivity contribution >= 4 is 40.4 Å². The van der Waals surface area contributed by atoms with Crippen LogP contribution in [0.3, 0.4) is 0 Å². The number of hydrogen-bond donors (Lipinski definition) is 1. The van der Waals surface area contributed by atoms with Crippen molar-refractivity contribution in [3.8, 4) is 0 Å². The molecule has 5 unspecified atom stereocenters. The molecule has 0 bridgehead atoms. The summed E-state index contributed by atoms with van der Waals surface area (Å²) in [5, 5.41) is 0. The van der Waals surface area contributed by atoms with Crippen LogP contribution in [-0.4, -0.2) is 96.8 Å². The van der Waals surface area contributed by atoms with Crippen LogP contribution in [-0.2, 0) is 62.4 Å². The van der Waals surface area contributed by atoms with Crippen molar-refractivity contribution in [3.63, 3.8) is 0 Å². The second-order valence-corrected chi connectivity index (χ2v) is 13.8. The van der Waals surface area contributed by atoms with Gasteiger partial charge in [0.2, 0.25) is 10.0 Å². The second-order valence-electron chi connectivity index (χ2n) is 7.26. The molecule has 14 nitrogen and oxygen atoms in total. The van der Waals surface area contributed by atoms with E-state index < -0.39 is 77.6 Å². The van der Waals surface area contributed by atoms with Crippen LogP contribution >= 0.6 is 0 Å². The zero-order valence-electron chi connectivity index (χ0n) is 18.4.